The Morgan fingerprint density at radius 2 is 1.62 bits per heavy atom. The first-order chi connectivity index (χ1) is 16.0. The summed E-state index contributed by atoms with van der Waals surface area (Å²) in [5.74, 6) is -0.968. The number of halogens is 3. The number of hydrogen-bond donors (Lipinski definition) is 2. The van der Waals surface area contributed by atoms with E-state index in [-0.39, 0.29) is 11.4 Å². The van der Waals surface area contributed by atoms with Gasteiger partial charge in [-0.2, -0.15) is 13.2 Å². The van der Waals surface area contributed by atoms with Crippen LogP contribution in [-0.2, 0) is 10.0 Å². The van der Waals surface area contributed by atoms with Crippen LogP contribution in [0.3, 0.4) is 0 Å². The molecule has 0 spiro atoms. The minimum Gasteiger partial charge on any atom is -0.508 e. The molecular formula is C25H20F3NO4S. The maximum atomic E-state index is 12.5. The average molecular weight is 487 g/mol. The molecule has 2 N–H and O–H groups in total. The first kappa shape index (κ1) is 23.4. The van der Waals surface area contributed by atoms with Crippen LogP contribution in [0.4, 0.5) is 18.9 Å². The Morgan fingerprint density at radius 1 is 0.941 bits per heavy atom. The molecule has 0 fully saturated rings. The Hall–Kier alpha value is -3.72. The van der Waals surface area contributed by atoms with Gasteiger partial charge in [-0.3, -0.25) is 4.72 Å². The largest absolute Gasteiger partial charge is 0.508 e. The lowest BCUT2D eigenvalue weighted by molar-refractivity contribution is -0.106. The lowest BCUT2D eigenvalue weighted by Crippen LogP contribution is -2.27. The van der Waals surface area contributed by atoms with Crippen molar-refractivity contribution < 1.29 is 31.4 Å². The molecule has 0 radical (unpaired) electrons. The van der Waals surface area contributed by atoms with Gasteiger partial charge >= 0.3 is 6.18 Å². The molecule has 4 aromatic carbocycles. The Balaban J connectivity index is 1.72. The van der Waals surface area contributed by atoms with Gasteiger partial charge in [0.15, 0.2) is 5.75 Å². The van der Waals surface area contributed by atoms with Crippen molar-refractivity contribution in [2.45, 2.75) is 13.1 Å². The van der Waals surface area contributed by atoms with E-state index in [1.165, 1.54) is 24.3 Å². The van der Waals surface area contributed by atoms with Gasteiger partial charge in [0.05, 0.1) is 0 Å². The van der Waals surface area contributed by atoms with Crippen molar-refractivity contribution >= 4 is 26.5 Å². The summed E-state index contributed by atoms with van der Waals surface area (Å²) in [7, 11) is -4.58. The summed E-state index contributed by atoms with van der Waals surface area (Å²) in [6, 6.07) is 22.1. The fourth-order valence-corrected chi connectivity index (χ4v) is 4.70. The van der Waals surface area contributed by atoms with Crippen molar-refractivity contribution in [3.8, 4) is 28.4 Å². The molecule has 0 aliphatic rings. The number of phenolic OH excluding ortho intramolecular Hbond substituents is 1. The monoisotopic (exact) mass is 487 g/mol. The second kappa shape index (κ2) is 8.90. The van der Waals surface area contributed by atoms with Gasteiger partial charge in [0.1, 0.15) is 17.2 Å². The fraction of sp³-hybridized carbons (Fsp3) is 0.120. The number of anilines is 1. The molecule has 9 heteroatoms. The molecule has 176 valence electrons. The molecule has 5 nitrogen and oxygen atoms in total. The third kappa shape index (κ3) is 5.43. The summed E-state index contributed by atoms with van der Waals surface area (Å²) in [4.78, 5) is 0. The van der Waals surface area contributed by atoms with Gasteiger partial charge in [0.25, 0.3) is 0 Å². The highest BCUT2D eigenvalue weighted by molar-refractivity contribution is 7.92. The lowest BCUT2D eigenvalue weighted by Gasteiger charge is -2.18. The number of fused-ring (bicyclic) bond motifs is 1. The Morgan fingerprint density at radius 3 is 2.26 bits per heavy atom. The second-order valence-electron chi connectivity index (χ2n) is 7.77. The molecule has 0 atom stereocenters. The number of sulfonamides is 1. The van der Waals surface area contributed by atoms with E-state index in [9.17, 15) is 26.7 Å². The van der Waals surface area contributed by atoms with Crippen molar-refractivity contribution in [2.75, 3.05) is 10.5 Å². The second-order valence-corrected chi connectivity index (χ2v) is 9.49. The number of aromatic hydroxyl groups is 1. The van der Waals surface area contributed by atoms with Gasteiger partial charge < -0.3 is 9.84 Å². The zero-order valence-electron chi connectivity index (χ0n) is 17.9. The van der Waals surface area contributed by atoms with Crippen LogP contribution in [0.25, 0.3) is 21.9 Å². The Bertz CT molecular complexity index is 1440. The van der Waals surface area contributed by atoms with Gasteiger partial charge in [0.2, 0.25) is 10.0 Å². The van der Waals surface area contributed by atoms with Gasteiger partial charge in [0, 0.05) is 16.6 Å². The van der Waals surface area contributed by atoms with Crippen LogP contribution in [0.1, 0.15) is 5.56 Å². The number of phenols is 1. The van der Waals surface area contributed by atoms with Crippen molar-refractivity contribution in [3.63, 3.8) is 0 Å². The normalized spacial score (nSPS) is 12.0. The number of rotatable bonds is 6. The number of ether oxygens (including phenoxy) is 1. The number of benzene rings is 4. The van der Waals surface area contributed by atoms with Crippen molar-refractivity contribution in [2.24, 2.45) is 0 Å². The minimum absolute atomic E-state index is 0.0149. The molecule has 0 unspecified atom stereocenters. The molecular weight excluding hydrogens is 467 g/mol. The number of alkyl halides is 3. The van der Waals surface area contributed by atoms with Crippen LogP contribution in [0.2, 0.25) is 0 Å². The van der Waals surface area contributed by atoms with Crippen LogP contribution in [0.5, 0.6) is 17.2 Å². The lowest BCUT2D eigenvalue weighted by atomic mass is 9.94. The molecule has 0 aliphatic heterocycles. The predicted octanol–water partition coefficient (Wildman–Crippen LogP) is 6.62. The third-order valence-corrected chi connectivity index (χ3v) is 6.29. The van der Waals surface area contributed by atoms with Gasteiger partial charge in [-0.15, -0.1) is 0 Å². The van der Waals surface area contributed by atoms with Gasteiger partial charge in [-0.1, -0.05) is 36.4 Å². The summed E-state index contributed by atoms with van der Waals surface area (Å²) < 4.78 is 69.0. The van der Waals surface area contributed by atoms with Crippen LogP contribution in [0, 0.1) is 6.92 Å². The first-order valence-corrected chi connectivity index (χ1v) is 11.8. The fourth-order valence-electron chi connectivity index (χ4n) is 3.71. The van der Waals surface area contributed by atoms with Crippen LogP contribution >= 0.6 is 0 Å². The first-order valence-electron chi connectivity index (χ1n) is 10.2. The molecule has 34 heavy (non-hydrogen) atoms. The van der Waals surface area contributed by atoms with Gasteiger partial charge in [-0.25, -0.2) is 8.42 Å². The summed E-state index contributed by atoms with van der Waals surface area (Å²) in [6.07, 6.45) is -4.84. The molecule has 0 bridgehead atoms. The Labute approximate surface area is 194 Å². The zero-order valence-corrected chi connectivity index (χ0v) is 18.7. The van der Waals surface area contributed by atoms with E-state index in [4.69, 9.17) is 4.74 Å². The standard InChI is InChI=1S/C25H20F3NO4S/c1-16-13-18-14-20(30)9-12-22(18)24(23(16)17-5-3-2-4-6-17)33-21-10-7-19(8-11-21)29-34(31,32)15-25(26,27)28/h2-14,29-30H,15H2,1H3. The molecule has 0 saturated carbocycles. The summed E-state index contributed by atoms with van der Waals surface area (Å²) >= 11 is 0. The van der Waals surface area contributed by atoms with Crippen molar-refractivity contribution in [3.05, 3.63) is 84.4 Å². The Kier molecular flexibility index (Phi) is 6.14. The van der Waals surface area contributed by atoms with E-state index in [0.717, 1.165) is 27.5 Å². The number of aryl methyl sites for hydroxylation is 1. The zero-order chi connectivity index (χ0) is 24.5. The number of hydrogen-bond acceptors (Lipinski definition) is 4. The van der Waals surface area contributed by atoms with E-state index in [1.807, 2.05) is 48.0 Å². The number of nitrogens with one attached hydrogen (secondary N) is 1. The van der Waals surface area contributed by atoms with Crippen molar-refractivity contribution in [1.82, 2.24) is 0 Å². The van der Waals surface area contributed by atoms with Crippen LogP contribution in [-0.4, -0.2) is 25.5 Å². The van der Waals surface area contributed by atoms with Crippen LogP contribution < -0.4 is 9.46 Å². The van der Waals surface area contributed by atoms with E-state index in [1.54, 1.807) is 18.2 Å². The third-order valence-electron chi connectivity index (χ3n) is 5.04. The topological polar surface area (TPSA) is 75.6 Å². The maximum absolute atomic E-state index is 12.5. The summed E-state index contributed by atoms with van der Waals surface area (Å²) in [5.41, 5.74) is 2.66. The van der Waals surface area contributed by atoms with E-state index >= 15 is 0 Å². The van der Waals surface area contributed by atoms with E-state index in [0.29, 0.717) is 11.5 Å². The van der Waals surface area contributed by atoms with E-state index < -0.39 is 22.0 Å². The molecule has 0 aromatic heterocycles. The molecule has 0 aliphatic carbocycles. The summed E-state index contributed by atoms with van der Waals surface area (Å²) in [5, 5.41) is 11.4. The minimum atomic E-state index is -4.84. The SMILES string of the molecule is Cc1cc2cc(O)ccc2c(Oc2ccc(NS(=O)(=O)CC(F)(F)F)cc2)c1-c1ccccc1. The molecule has 0 heterocycles. The maximum Gasteiger partial charge on any atom is 0.404 e. The van der Waals surface area contributed by atoms with E-state index in [2.05, 4.69) is 0 Å². The molecule has 4 aromatic rings. The van der Waals surface area contributed by atoms with Gasteiger partial charge in [-0.05, 0) is 65.9 Å². The van der Waals surface area contributed by atoms with Crippen LogP contribution in [0.15, 0.2) is 78.9 Å². The summed E-state index contributed by atoms with van der Waals surface area (Å²) in [6.45, 7) is 1.93. The van der Waals surface area contributed by atoms with Crippen molar-refractivity contribution in [1.29, 1.82) is 0 Å². The highest BCUT2D eigenvalue weighted by atomic mass is 32.2. The molecule has 0 saturated heterocycles. The molecule has 4 rings (SSSR count). The highest BCUT2D eigenvalue weighted by Crippen LogP contribution is 2.42. The highest BCUT2D eigenvalue weighted by Gasteiger charge is 2.35. The predicted molar refractivity (Wildman–Crippen MR) is 126 cm³/mol. The average Bonchev–Trinajstić information content (AvgIpc) is 2.73. The quantitative estimate of drug-likeness (QED) is 0.321. The smallest absolute Gasteiger partial charge is 0.404 e. The molecule has 0 amide bonds.